The van der Waals surface area contributed by atoms with Gasteiger partial charge in [0.2, 0.25) is 0 Å². The van der Waals surface area contributed by atoms with Gasteiger partial charge in [-0.05, 0) is 47.6 Å². The predicted octanol–water partition coefficient (Wildman–Crippen LogP) is 3.26. The van der Waals surface area contributed by atoms with Crippen molar-refractivity contribution in [2.75, 3.05) is 12.4 Å². The van der Waals surface area contributed by atoms with Crippen LogP contribution in [0.15, 0.2) is 22.8 Å². The van der Waals surface area contributed by atoms with Gasteiger partial charge in [0.25, 0.3) is 0 Å². The second-order valence-corrected chi connectivity index (χ2v) is 5.18. The van der Waals surface area contributed by atoms with E-state index in [1.807, 2.05) is 19.2 Å². The number of aromatic nitrogens is 2. The molecular weight excluding hydrogens is 329 g/mol. The van der Waals surface area contributed by atoms with Gasteiger partial charge in [0, 0.05) is 13.0 Å². The van der Waals surface area contributed by atoms with Crippen LogP contribution in [0.1, 0.15) is 24.5 Å². The quantitative estimate of drug-likeness (QED) is 0.871. The van der Waals surface area contributed by atoms with Gasteiger partial charge in [-0.2, -0.15) is 0 Å². The maximum atomic E-state index is 5.36. The Hall–Kier alpha value is -1.11. The average molecular weight is 341 g/mol. The maximum absolute atomic E-state index is 5.36. The summed E-state index contributed by atoms with van der Waals surface area (Å²) in [5.74, 6) is 2.88. The molecule has 4 nitrogen and oxygen atoms in total. The van der Waals surface area contributed by atoms with Crippen molar-refractivity contribution >= 4 is 28.4 Å². The van der Waals surface area contributed by atoms with Crippen LogP contribution in [0.25, 0.3) is 11.6 Å². The summed E-state index contributed by atoms with van der Waals surface area (Å²) in [6, 6.07) is 3.74. The smallest absolute Gasteiger partial charge is 0.197 e. The third-order valence-corrected chi connectivity index (χ3v) is 3.88. The van der Waals surface area contributed by atoms with E-state index in [2.05, 4.69) is 37.9 Å². The van der Waals surface area contributed by atoms with Crippen molar-refractivity contribution in [1.82, 2.24) is 9.97 Å². The Morgan fingerprint density at radius 1 is 1.41 bits per heavy atom. The van der Waals surface area contributed by atoms with E-state index < -0.39 is 0 Å². The second-order valence-electron chi connectivity index (χ2n) is 4.10. The first-order chi connectivity index (χ1) is 8.29. The zero-order valence-electron chi connectivity index (χ0n) is 9.40. The summed E-state index contributed by atoms with van der Waals surface area (Å²) in [7, 11) is 1.88. The molecule has 0 atom stereocenters. The zero-order chi connectivity index (χ0) is 11.8. The Labute approximate surface area is 113 Å². The van der Waals surface area contributed by atoms with Gasteiger partial charge in [-0.25, -0.2) is 9.97 Å². The Balaban J connectivity index is 2.13. The van der Waals surface area contributed by atoms with Crippen LogP contribution in [0.4, 0.5) is 5.82 Å². The van der Waals surface area contributed by atoms with Gasteiger partial charge in [0.15, 0.2) is 11.6 Å². The van der Waals surface area contributed by atoms with Crippen molar-refractivity contribution in [2.45, 2.75) is 18.8 Å². The molecule has 0 radical (unpaired) electrons. The summed E-state index contributed by atoms with van der Waals surface area (Å²) < 4.78 is 6.49. The molecule has 1 fully saturated rings. The van der Waals surface area contributed by atoms with Crippen LogP contribution in [0.5, 0.6) is 0 Å². The highest BCUT2D eigenvalue weighted by Gasteiger charge is 2.29. The normalized spacial score (nSPS) is 14.9. The van der Waals surface area contributed by atoms with Crippen molar-refractivity contribution < 1.29 is 4.42 Å². The minimum absolute atomic E-state index is 0.603. The molecule has 0 amide bonds. The number of anilines is 1. The van der Waals surface area contributed by atoms with Gasteiger partial charge < -0.3 is 9.73 Å². The minimum atomic E-state index is 0.603. The monoisotopic (exact) mass is 341 g/mol. The van der Waals surface area contributed by atoms with Crippen molar-refractivity contribution in [3.05, 3.63) is 27.7 Å². The van der Waals surface area contributed by atoms with Crippen LogP contribution < -0.4 is 5.32 Å². The molecular formula is C12H12IN3O. The largest absolute Gasteiger partial charge is 0.461 e. The molecule has 0 bridgehead atoms. The van der Waals surface area contributed by atoms with E-state index in [0.717, 1.165) is 20.8 Å². The Kier molecular flexibility index (Phi) is 2.78. The molecule has 5 heteroatoms. The Morgan fingerprint density at radius 2 is 2.24 bits per heavy atom. The fourth-order valence-corrected chi connectivity index (χ4v) is 2.72. The Morgan fingerprint density at radius 3 is 2.82 bits per heavy atom. The summed E-state index contributed by atoms with van der Waals surface area (Å²) in [5, 5.41) is 3.12. The van der Waals surface area contributed by atoms with E-state index in [9.17, 15) is 0 Å². The van der Waals surface area contributed by atoms with Gasteiger partial charge >= 0.3 is 0 Å². The third-order valence-electron chi connectivity index (χ3n) is 2.82. The van der Waals surface area contributed by atoms with E-state index >= 15 is 0 Å². The molecule has 1 aliphatic rings. The number of rotatable bonds is 3. The fraction of sp³-hybridized carbons (Fsp3) is 0.333. The number of nitrogens with one attached hydrogen (secondary N) is 1. The lowest BCUT2D eigenvalue weighted by Crippen LogP contribution is -2.04. The van der Waals surface area contributed by atoms with Crippen molar-refractivity contribution in [3.8, 4) is 11.6 Å². The number of halogens is 1. The molecule has 2 aromatic heterocycles. The summed E-state index contributed by atoms with van der Waals surface area (Å²) in [5.41, 5.74) is 1.15. The van der Waals surface area contributed by atoms with Gasteiger partial charge in [-0.15, -0.1) is 0 Å². The highest BCUT2D eigenvalue weighted by atomic mass is 127. The molecule has 17 heavy (non-hydrogen) atoms. The number of hydrogen-bond donors (Lipinski definition) is 1. The zero-order valence-corrected chi connectivity index (χ0v) is 11.6. The van der Waals surface area contributed by atoms with E-state index in [1.54, 1.807) is 6.26 Å². The summed E-state index contributed by atoms with van der Waals surface area (Å²) in [6.45, 7) is 0. The molecule has 0 spiro atoms. The summed E-state index contributed by atoms with van der Waals surface area (Å²) in [4.78, 5) is 9.11. The van der Waals surface area contributed by atoms with E-state index in [4.69, 9.17) is 4.42 Å². The van der Waals surface area contributed by atoms with Gasteiger partial charge in [-0.1, -0.05) is 0 Å². The Bertz CT molecular complexity index is 535. The first kappa shape index (κ1) is 11.0. The van der Waals surface area contributed by atoms with Gasteiger partial charge in [0.05, 0.1) is 15.5 Å². The van der Waals surface area contributed by atoms with Crippen LogP contribution in [0, 0.1) is 3.57 Å². The van der Waals surface area contributed by atoms with Crippen LogP contribution in [-0.4, -0.2) is 17.0 Å². The molecule has 2 aromatic rings. The van der Waals surface area contributed by atoms with Crippen LogP contribution >= 0.6 is 22.6 Å². The van der Waals surface area contributed by atoms with Crippen LogP contribution in [0.3, 0.4) is 0 Å². The lowest BCUT2D eigenvalue weighted by atomic mass is 10.2. The lowest BCUT2D eigenvalue weighted by Gasteiger charge is -2.09. The molecule has 0 aliphatic heterocycles. The van der Waals surface area contributed by atoms with Crippen LogP contribution in [0.2, 0.25) is 0 Å². The topological polar surface area (TPSA) is 51.0 Å². The molecule has 1 aliphatic carbocycles. The first-order valence-corrected chi connectivity index (χ1v) is 6.66. The van der Waals surface area contributed by atoms with Crippen LogP contribution in [-0.2, 0) is 0 Å². The molecule has 3 rings (SSSR count). The second kappa shape index (κ2) is 4.29. The molecule has 0 saturated heterocycles. The predicted molar refractivity (Wildman–Crippen MR) is 74.0 cm³/mol. The first-order valence-electron chi connectivity index (χ1n) is 5.58. The number of nitrogens with zero attached hydrogens (tertiary/aromatic N) is 2. The highest BCUT2D eigenvalue weighted by molar-refractivity contribution is 14.1. The van der Waals surface area contributed by atoms with Gasteiger partial charge in [0.1, 0.15) is 5.82 Å². The van der Waals surface area contributed by atoms with Gasteiger partial charge in [-0.3, -0.25) is 0 Å². The molecule has 1 N–H and O–H groups in total. The summed E-state index contributed by atoms with van der Waals surface area (Å²) in [6.07, 6.45) is 4.11. The molecule has 1 saturated carbocycles. The SMILES string of the molecule is CNc1nc(-c2ccco2)nc(C2CC2)c1I. The fourth-order valence-electron chi connectivity index (χ4n) is 1.77. The highest BCUT2D eigenvalue weighted by Crippen LogP contribution is 2.42. The third kappa shape index (κ3) is 2.03. The van der Waals surface area contributed by atoms with Crippen molar-refractivity contribution in [1.29, 1.82) is 0 Å². The van der Waals surface area contributed by atoms with E-state index in [1.165, 1.54) is 12.8 Å². The van der Waals surface area contributed by atoms with Crippen molar-refractivity contribution in [3.63, 3.8) is 0 Å². The molecule has 2 heterocycles. The number of hydrogen-bond acceptors (Lipinski definition) is 4. The van der Waals surface area contributed by atoms with E-state index in [-0.39, 0.29) is 0 Å². The average Bonchev–Trinajstić information content (AvgIpc) is 3.04. The van der Waals surface area contributed by atoms with Crippen molar-refractivity contribution in [2.24, 2.45) is 0 Å². The molecule has 0 aromatic carbocycles. The molecule has 88 valence electrons. The maximum Gasteiger partial charge on any atom is 0.197 e. The number of furan rings is 1. The standard InChI is InChI=1S/C12H12IN3O/c1-14-12-9(13)10(7-4-5-7)15-11(16-12)8-3-2-6-17-8/h2-3,6-7H,4-5H2,1H3,(H,14,15,16). The molecule has 0 unspecified atom stereocenters. The lowest BCUT2D eigenvalue weighted by molar-refractivity contribution is 0.576. The van der Waals surface area contributed by atoms with E-state index in [0.29, 0.717) is 11.7 Å². The summed E-state index contributed by atoms with van der Waals surface area (Å²) >= 11 is 2.31. The minimum Gasteiger partial charge on any atom is -0.461 e.